The van der Waals surface area contributed by atoms with Gasteiger partial charge in [0.2, 0.25) is 17.8 Å². The lowest BCUT2D eigenvalue weighted by molar-refractivity contribution is 0.122. The van der Waals surface area contributed by atoms with Crippen LogP contribution in [0.25, 0.3) is 0 Å². The van der Waals surface area contributed by atoms with Crippen LogP contribution in [0.1, 0.15) is 11.1 Å². The van der Waals surface area contributed by atoms with E-state index in [1.807, 2.05) is 47.4 Å². The average Bonchev–Trinajstić information content (AvgIpc) is 2.94. The molecule has 9 nitrogen and oxygen atoms in total. The SMILES string of the molecule is Fc1ccccc1COc1c(Br)cc(/C=N\Nc2nc(Nc3ccccc3)nc(N3CCOCC3)n2)cc1Br. The second-order valence-corrected chi connectivity index (χ2v) is 10.1. The molecule has 200 valence electrons. The van der Waals surface area contributed by atoms with Gasteiger partial charge in [-0.25, -0.2) is 9.82 Å². The van der Waals surface area contributed by atoms with Crippen LogP contribution in [0.4, 0.5) is 27.9 Å². The van der Waals surface area contributed by atoms with Crippen molar-refractivity contribution in [1.29, 1.82) is 0 Å². The van der Waals surface area contributed by atoms with E-state index in [2.05, 4.69) is 62.7 Å². The molecular formula is C27H24Br2FN7O2. The molecule has 39 heavy (non-hydrogen) atoms. The van der Waals surface area contributed by atoms with E-state index < -0.39 is 0 Å². The Hall–Kier alpha value is -3.61. The maximum atomic E-state index is 13.9. The number of hydrogen-bond acceptors (Lipinski definition) is 9. The highest BCUT2D eigenvalue weighted by molar-refractivity contribution is 9.11. The minimum absolute atomic E-state index is 0.100. The van der Waals surface area contributed by atoms with Gasteiger partial charge >= 0.3 is 0 Å². The Labute approximate surface area is 241 Å². The van der Waals surface area contributed by atoms with Crippen LogP contribution in [0.3, 0.4) is 0 Å². The number of anilines is 4. The summed E-state index contributed by atoms with van der Waals surface area (Å²) >= 11 is 7.07. The minimum atomic E-state index is -0.309. The van der Waals surface area contributed by atoms with Crippen LogP contribution < -0.4 is 20.4 Å². The molecule has 0 spiro atoms. The number of ether oxygens (including phenoxy) is 2. The molecule has 0 amide bonds. The highest BCUT2D eigenvalue weighted by Crippen LogP contribution is 2.35. The van der Waals surface area contributed by atoms with Crippen molar-refractivity contribution in [2.75, 3.05) is 41.9 Å². The Morgan fingerprint density at radius 2 is 1.64 bits per heavy atom. The van der Waals surface area contributed by atoms with Gasteiger partial charge in [0.15, 0.2) is 0 Å². The van der Waals surface area contributed by atoms with Crippen LogP contribution >= 0.6 is 31.9 Å². The second kappa shape index (κ2) is 13.0. The Bertz CT molecular complexity index is 1430. The first-order valence-corrected chi connectivity index (χ1v) is 13.7. The summed E-state index contributed by atoms with van der Waals surface area (Å²) in [6, 6.07) is 19.9. The Balaban J connectivity index is 1.30. The maximum absolute atomic E-state index is 13.9. The predicted molar refractivity (Wildman–Crippen MR) is 156 cm³/mol. The summed E-state index contributed by atoms with van der Waals surface area (Å²) < 4.78 is 26.6. The van der Waals surface area contributed by atoms with E-state index in [0.717, 1.165) is 11.3 Å². The fourth-order valence-corrected chi connectivity index (χ4v) is 5.20. The maximum Gasteiger partial charge on any atom is 0.250 e. The van der Waals surface area contributed by atoms with Crippen LogP contribution in [0.5, 0.6) is 5.75 Å². The molecule has 2 heterocycles. The molecule has 4 aromatic rings. The first-order chi connectivity index (χ1) is 19.0. The summed E-state index contributed by atoms with van der Waals surface area (Å²) in [6.45, 7) is 2.69. The van der Waals surface area contributed by atoms with Gasteiger partial charge < -0.3 is 19.7 Å². The molecule has 1 fully saturated rings. The molecule has 0 aliphatic carbocycles. The molecule has 1 aliphatic rings. The van der Waals surface area contributed by atoms with E-state index in [1.165, 1.54) is 6.07 Å². The molecule has 0 saturated carbocycles. The third kappa shape index (κ3) is 7.28. The summed E-state index contributed by atoms with van der Waals surface area (Å²) in [7, 11) is 0. The van der Waals surface area contributed by atoms with E-state index in [0.29, 0.717) is 64.4 Å². The molecule has 2 N–H and O–H groups in total. The number of para-hydroxylation sites is 1. The van der Waals surface area contributed by atoms with Crippen LogP contribution in [0.15, 0.2) is 80.8 Å². The van der Waals surface area contributed by atoms with Crippen molar-refractivity contribution in [2.45, 2.75) is 6.61 Å². The molecule has 0 unspecified atom stereocenters. The standard InChI is InChI=1S/C27H24Br2FN7O2/c28-21-14-18(15-22(29)24(21)39-17-19-6-4-5-9-23(19)30)16-31-36-26-33-25(32-20-7-2-1-3-8-20)34-27(35-26)37-10-12-38-13-11-37/h1-9,14-16H,10-13,17H2,(H2,32,33,34,35,36)/b31-16-. The highest BCUT2D eigenvalue weighted by Gasteiger charge is 2.17. The van der Waals surface area contributed by atoms with Crippen LogP contribution in [0.2, 0.25) is 0 Å². The van der Waals surface area contributed by atoms with E-state index >= 15 is 0 Å². The van der Waals surface area contributed by atoms with Crippen molar-refractivity contribution in [3.63, 3.8) is 0 Å². The number of hydrazone groups is 1. The van der Waals surface area contributed by atoms with Crippen molar-refractivity contribution in [3.8, 4) is 5.75 Å². The number of nitrogens with zero attached hydrogens (tertiary/aromatic N) is 5. The van der Waals surface area contributed by atoms with Crippen molar-refractivity contribution in [3.05, 3.63) is 92.6 Å². The molecule has 1 saturated heterocycles. The van der Waals surface area contributed by atoms with Gasteiger partial charge in [0.25, 0.3) is 0 Å². The molecular weight excluding hydrogens is 633 g/mol. The topological polar surface area (TPSA) is 96.8 Å². The number of rotatable bonds is 9. The average molecular weight is 657 g/mol. The summed E-state index contributed by atoms with van der Waals surface area (Å²) in [4.78, 5) is 15.7. The third-order valence-electron chi connectivity index (χ3n) is 5.68. The van der Waals surface area contributed by atoms with Crippen LogP contribution in [0, 0.1) is 5.82 Å². The molecule has 1 aliphatic heterocycles. The summed E-state index contributed by atoms with van der Waals surface area (Å²) in [5.41, 5.74) is 5.03. The smallest absolute Gasteiger partial charge is 0.250 e. The van der Waals surface area contributed by atoms with Crippen molar-refractivity contribution >= 4 is 61.6 Å². The van der Waals surface area contributed by atoms with Gasteiger partial charge in [0.05, 0.1) is 28.4 Å². The number of nitrogens with one attached hydrogen (secondary N) is 2. The highest BCUT2D eigenvalue weighted by atomic mass is 79.9. The van der Waals surface area contributed by atoms with E-state index in [4.69, 9.17) is 9.47 Å². The molecule has 12 heteroatoms. The van der Waals surface area contributed by atoms with Crippen LogP contribution in [-0.2, 0) is 11.3 Å². The number of morpholine rings is 1. The molecule has 0 atom stereocenters. The Kier molecular flexibility index (Phi) is 8.96. The first-order valence-electron chi connectivity index (χ1n) is 12.1. The van der Waals surface area contributed by atoms with Crippen molar-refractivity contribution in [1.82, 2.24) is 15.0 Å². The van der Waals surface area contributed by atoms with Gasteiger partial charge in [0.1, 0.15) is 18.2 Å². The van der Waals surface area contributed by atoms with Gasteiger partial charge in [-0.2, -0.15) is 20.1 Å². The lowest BCUT2D eigenvalue weighted by atomic mass is 10.2. The minimum Gasteiger partial charge on any atom is -0.486 e. The fraction of sp³-hybridized carbons (Fsp3) is 0.185. The Morgan fingerprint density at radius 3 is 2.38 bits per heavy atom. The molecule has 1 aromatic heterocycles. The monoisotopic (exact) mass is 655 g/mol. The summed E-state index contributed by atoms with van der Waals surface area (Å²) in [5.74, 6) is 1.48. The summed E-state index contributed by atoms with van der Waals surface area (Å²) in [6.07, 6.45) is 1.64. The van der Waals surface area contributed by atoms with Gasteiger partial charge in [-0.15, -0.1) is 0 Å². The number of hydrogen-bond donors (Lipinski definition) is 2. The number of aromatic nitrogens is 3. The molecule has 0 radical (unpaired) electrons. The second-order valence-electron chi connectivity index (χ2n) is 8.44. The zero-order valence-corrected chi connectivity index (χ0v) is 23.8. The van der Waals surface area contributed by atoms with E-state index in [-0.39, 0.29) is 12.4 Å². The third-order valence-corrected chi connectivity index (χ3v) is 6.85. The van der Waals surface area contributed by atoms with Gasteiger partial charge in [0, 0.05) is 24.3 Å². The van der Waals surface area contributed by atoms with Gasteiger partial charge in [-0.3, -0.25) is 0 Å². The van der Waals surface area contributed by atoms with E-state index in [9.17, 15) is 4.39 Å². The van der Waals surface area contributed by atoms with Gasteiger partial charge in [-0.05, 0) is 67.8 Å². The zero-order valence-electron chi connectivity index (χ0n) is 20.7. The predicted octanol–water partition coefficient (Wildman–Crippen LogP) is 6.14. The van der Waals surface area contributed by atoms with Crippen LogP contribution in [-0.4, -0.2) is 47.5 Å². The molecule has 3 aromatic carbocycles. The molecule has 0 bridgehead atoms. The lowest BCUT2D eigenvalue weighted by Gasteiger charge is -2.27. The normalized spacial score (nSPS) is 13.5. The quantitative estimate of drug-likeness (QED) is 0.164. The fourth-order valence-electron chi connectivity index (χ4n) is 3.75. The Morgan fingerprint density at radius 1 is 0.949 bits per heavy atom. The number of halogens is 3. The van der Waals surface area contributed by atoms with Gasteiger partial charge in [-0.1, -0.05) is 36.4 Å². The molecule has 5 rings (SSSR count). The summed E-state index contributed by atoms with van der Waals surface area (Å²) in [5, 5.41) is 7.55. The number of benzene rings is 3. The van der Waals surface area contributed by atoms with Crippen molar-refractivity contribution < 1.29 is 13.9 Å². The largest absolute Gasteiger partial charge is 0.486 e. The zero-order chi connectivity index (χ0) is 27.0. The lowest BCUT2D eigenvalue weighted by Crippen LogP contribution is -2.37. The van der Waals surface area contributed by atoms with Crippen molar-refractivity contribution in [2.24, 2.45) is 5.10 Å². The first kappa shape index (κ1) is 27.0. The van der Waals surface area contributed by atoms with E-state index in [1.54, 1.807) is 24.4 Å².